The van der Waals surface area contributed by atoms with E-state index in [0.29, 0.717) is 0 Å². The zero-order valence-corrected chi connectivity index (χ0v) is 14.5. The molecule has 2 aromatic rings. The summed E-state index contributed by atoms with van der Waals surface area (Å²) in [7, 11) is -4.02. The van der Waals surface area contributed by atoms with Crippen molar-refractivity contribution in [2.24, 2.45) is 0 Å². The number of benzene rings is 2. The molecule has 5 heteroatoms. The van der Waals surface area contributed by atoms with Crippen molar-refractivity contribution in [1.29, 1.82) is 0 Å². The van der Waals surface area contributed by atoms with Crippen molar-refractivity contribution in [3.63, 3.8) is 0 Å². The lowest BCUT2D eigenvalue weighted by molar-refractivity contribution is 0.212. The predicted molar refractivity (Wildman–Crippen MR) is 93.2 cm³/mol. The smallest absolute Gasteiger partial charge is 0.294 e. The Kier molecular flexibility index (Phi) is 5.45. The second kappa shape index (κ2) is 7.18. The van der Waals surface area contributed by atoms with Crippen LogP contribution in [0, 0.1) is 25.7 Å². The van der Waals surface area contributed by atoms with Crippen LogP contribution < -0.4 is 0 Å². The number of aliphatic hydroxyl groups is 1. The molecule has 0 aromatic heterocycles. The Bertz CT molecular complexity index is 850. The molecular weight excluding hydrogens is 324 g/mol. The summed E-state index contributed by atoms with van der Waals surface area (Å²) in [6.45, 7) is 3.89. The van der Waals surface area contributed by atoms with E-state index in [4.69, 9.17) is 4.55 Å². The van der Waals surface area contributed by atoms with E-state index in [1.807, 2.05) is 38.1 Å². The summed E-state index contributed by atoms with van der Waals surface area (Å²) in [6, 6.07) is 14.0. The molecule has 4 nitrogen and oxygen atoms in total. The molecular formula is C19H20O4S. The number of rotatable bonds is 1. The monoisotopic (exact) mass is 344 g/mol. The van der Waals surface area contributed by atoms with E-state index in [9.17, 15) is 13.5 Å². The molecule has 1 saturated carbocycles. The fourth-order valence-electron chi connectivity index (χ4n) is 1.78. The first kappa shape index (κ1) is 18.2. The Morgan fingerprint density at radius 2 is 1.38 bits per heavy atom. The highest BCUT2D eigenvalue weighted by atomic mass is 32.2. The van der Waals surface area contributed by atoms with E-state index >= 15 is 0 Å². The van der Waals surface area contributed by atoms with E-state index < -0.39 is 15.7 Å². The average molecular weight is 344 g/mol. The van der Waals surface area contributed by atoms with E-state index in [-0.39, 0.29) is 4.90 Å². The molecule has 126 valence electrons. The Balaban J connectivity index is 0.000000177. The maximum absolute atomic E-state index is 10.5. The van der Waals surface area contributed by atoms with Crippen LogP contribution in [0.5, 0.6) is 0 Å². The van der Waals surface area contributed by atoms with Crippen LogP contribution in [-0.2, 0) is 10.1 Å². The third-order valence-corrected chi connectivity index (χ3v) is 4.40. The Labute approximate surface area is 142 Å². The van der Waals surface area contributed by atoms with Gasteiger partial charge in [-0.25, -0.2) is 0 Å². The first-order valence-electron chi connectivity index (χ1n) is 7.54. The van der Waals surface area contributed by atoms with Gasteiger partial charge in [-0.3, -0.25) is 4.55 Å². The van der Waals surface area contributed by atoms with E-state index in [2.05, 4.69) is 11.8 Å². The lowest BCUT2D eigenvalue weighted by atomic mass is 10.1. The van der Waals surface area contributed by atoms with Crippen molar-refractivity contribution >= 4 is 10.1 Å². The molecule has 24 heavy (non-hydrogen) atoms. The lowest BCUT2D eigenvalue weighted by Gasteiger charge is -1.95. The Morgan fingerprint density at radius 3 is 1.79 bits per heavy atom. The summed E-state index contributed by atoms with van der Waals surface area (Å²) in [5.74, 6) is 5.85. The molecule has 0 spiro atoms. The molecule has 0 unspecified atom stereocenters. The molecule has 1 aliphatic carbocycles. The number of hydrogen-bond acceptors (Lipinski definition) is 3. The van der Waals surface area contributed by atoms with Crippen LogP contribution in [0.25, 0.3) is 0 Å². The minimum absolute atomic E-state index is 0.0666. The van der Waals surface area contributed by atoms with Crippen LogP contribution >= 0.6 is 0 Å². The van der Waals surface area contributed by atoms with Gasteiger partial charge in [0, 0.05) is 5.56 Å². The van der Waals surface area contributed by atoms with E-state index in [0.717, 1.165) is 24.0 Å². The standard InChI is InChI=1S/C12H12O.C7H8O3S/c1-10-2-4-11(5-3-10)6-7-12(13)8-9-12;1-6-2-4-7(5-3-6)11(8,9)10/h2-5,13H,8-9H2,1H3;2-5H,1H3,(H,8,9,10). The normalized spacial score (nSPS) is 14.7. The second-order valence-corrected chi connectivity index (χ2v) is 7.36. The zero-order valence-electron chi connectivity index (χ0n) is 13.7. The number of hydrogen-bond donors (Lipinski definition) is 2. The van der Waals surface area contributed by atoms with Gasteiger partial charge < -0.3 is 5.11 Å². The molecule has 2 aromatic carbocycles. The first-order chi connectivity index (χ1) is 11.2. The zero-order chi connectivity index (χ0) is 17.8. The third-order valence-electron chi connectivity index (χ3n) is 3.53. The quantitative estimate of drug-likeness (QED) is 0.616. The van der Waals surface area contributed by atoms with Gasteiger partial charge in [-0.05, 0) is 51.0 Å². The maximum atomic E-state index is 10.5. The molecule has 0 bridgehead atoms. The van der Waals surface area contributed by atoms with Crippen LogP contribution in [0.15, 0.2) is 53.4 Å². The molecule has 2 N–H and O–H groups in total. The second-order valence-electron chi connectivity index (χ2n) is 5.94. The number of aryl methyl sites for hydroxylation is 2. The molecule has 1 fully saturated rings. The fourth-order valence-corrected chi connectivity index (χ4v) is 2.26. The highest BCUT2D eigenvalue weighted by molar-refractivity contribution is 7.85. The van der Waals surface area contributed by atoms with Crippen molar-refractivity contribution in [1.82, 2.24) is 0 Å². The third kappa shape index (κ3) is 5.82. The summed E-state index contributed by atoms with van der Waals surface area (Å²) in [5.41, 5.74) is 2.50. The minimum atomic E-state index is -4.02. The summed E-state index contributed by atoms with van der Waals surface area (Å²) in [4.78, 5) is -0.0666. The van der Waals surface area contributed by atoms with Gasteiger partial charge in [-0.2, -0.15) is 8.42 Å². The van der Waals surface area contributed by atoms with Gasteiger partial charge in [0.2, 0.25) is 0 Å². The average Bonchev–Trinajstić information content (AvgIpc) is 3.25. The largest absolute Gasteiger partial charge is 0.378 e. The highest BCUT2D eigenvalue weighted by Crippen LogP contribution is 2.33. The fraction of sp³-hybridized carbons (Fsp3) is 0.263. The minimum Gasteiger partial charge on any atom is -0.378 e. The van der Waals surface area contributed by atoms with Crippen LogP contribution in [-0.4, -0.2) is 23.7 Å². The molecule has 3 rings (SSSR count). The van der Waals surface area contributed by atoms with Crippen LogP contribution in [0.4, 0.5) is 0 Å². The van der Waals surface area contributed by atoms with Crippen molar-refractivity contribution < 1.29 is 18.1 Å². The van der Waals surface area contributed by atoms with Gasteiger partial charge >= 0.3 is 0 Å². The highest BCUT2D eigenvalue weighted by Gasteiger charge is 2.38. The van der Waals surface area contributed by atoms with Crippen LogP contribution in [0.3, 0.4) is 0 Å². The van der Waals surface area contributed by atoms with Gasteiger partial charge in [-0.1, -0.05) is 47.2 Å². The van der Waals surface area contributed by atoms with Crippen molar-refractivity contribution in [3.8, 4) is 11.8 Å². The first-order valence-corrected chi connectivity index (χ1v) is 8.98. The van der Waals surface area contributed by atoms with Gasteiger partial charge in [0.25, 0.3) is 10.1 Å². The molecule has 0 aliphatic heterocycles. The van der Waals surface area contributed by atoms with E-state index in [1.165, 1.54) is 17.7 Å². The lowest BCUT2D eigenvalue weighted by Crippen LogP contribution is -2.00. The molecule has 0 saturated heterocycles. The Morgan fingerprint density at radius 1 is 0.917 bits per heavy atom. The SMILES string of the molecule is Cc1ccc(C#CC2(O)CC2)cc1.Cc1ccc(S(=O)(=O)O)cc1. The van der Waals surface area contributed by atoms with Gasteiger partial charge in [0.15, 0.2) is 0 Å². The predicted octanol–water partition coefficient (Wildman–Crippen LogP) is 3.11. The summed E-state index contributed by atoms with van der Waals surface area (Å²) < 4.78 is 29.6. The molecule has 0 amide bonds. The topological polar surface area (TPSA) is 74.6 Å². The summed E-state index contributed by atoms with van der Waals surface area (Å²) in [5, 5.41) is 9.47. The van der Waals surface area contributed by atoms with Crippen LogP contribution in [0.1, 0.15) is 29.5 Å². The van der Waals surface area contributed by atoms with Crippen molar-refractivity contribution in [3.05, 3.63) is 65.2 Å². The van der Waals surface area contributed by atoms with Gasteiger partial charge in [0.05, 0.1) is 4.90 Å². The molecule has 0 heterocycles. The van der Waals surface area contributed by atoms with Crippen molar-refractivity contribution in [2.75, 3.05) is 0 Å². The summed E-state index contributed by atoms with van der Waals surface area (Å²) >= 11 is 0. The van der Waals surface area contributed by atoms with Gasteiger partial charge in [-0.15, -0.1) is 0 Å². The van der Waals surface area contributed by atoms with Crippen LogP contribution in [0.2, 0.25) is 0 Å². The molecule has 1 aliphatic rings. The maximum Gasteiger partial charge on any atom is 0.294 e. The summed E-state index contributed by atoms with van der Waals surface area (Å²) in [6.07, 6.45) is 1.65. The molecule has 0 radical (unpaired) electrons. The van der Waals surface area contributed by atoms with Crippen molar-refractivity contribution in [2.45, 2.75) is 37.2 Å². The Hall–Kier alpha value is -2.13. The van der Waals surface area contributed by atoms with Gasteiger partial charge in [0.1, 0.15) is 5.60 Å². The molecule has 0 atom stereocenters. The van der Waals surface area contributed by atoms with E-state index in [1.54, 1.807) is 12.1 Å².